The third-order valence-electron chi connectivity index (χ3n) is 4.11. The highest BCUT2D eigenvalue weighted by molar-refractivity contribution is 5.98. The fourth-order valence-corrected chi connectivity index (χ4v) is 2.74. The van der Waals surface area contributed by atoms with E-state index in [2.05, 4.69) is 0 Å². The molecule has 0 atom stereocenters. The van der Waals surface area contributed by atoms with Crippen LogP contribution in [0.4, 0.5) is 0 Å². The molecule has 1 saturated carbocycles. The van der Waals surface area contributed by atoms with Gasteiger partial charge in [0.2, 0.25) is 0 Å². The maximum atomic E-state index is 12.6. The molecular formula is C17H19NO2. The predicted molar refractivity (Wildman–Crippen MR) is 79.7 cm³/mol. The summed E-state index contributed by atoms with van der Waals surface area (Å²) < 4.78 is 0. The average molecular weight is 269 g/mol. The van der Waals surface area contributed by atoms with Gasteiger partial charge in [0.25, 0.3) is 5.91 Å². The number of carbonyl (C=O) groups excluding carboxylic acids is 1. The van der Waals surface area contributed by atoms with Crippen molar-refractivity contribution in [1.82, 2.24) is 4.90 Å². The molecule has 0 aliphatic heterocycles. The van der Waals surface area contributed by atoms with Gasteiger partial charge in [-0.05, 0) is 42.2 Å². The second-order valence-electron chi connectivity index (χ2n) is 5.37. The Labute approximate surface area is 118 Å². The van der Waals surface area contributed by atoms with Gasteiger partial charge in [-0.3, -0.25) is 4.79 Å². The summed E-state index contributed by atoms with van der Waals surface area (Å²) in [4.78, 5) is 14.5. The Morgan fingerprint density at radius 2 is 1.90 bits per heavy atom. The van der Waals surface area contributed by atoms with E-state index in [0.29, 0.717) is 18.2 Å². The minimum absolute atomic E-state index is 0.0236. The molecule has 0 unspecified atom stereocenters. The van der Waals surface area contributed by atoms with Gasteiger partial charge in [0.1, 0.15) is 0 Å². The molecule has 2 aromatic rings. The van der Waals surface area contributed by atoms with E-state index in [-0.39, 0.29) is 12.5 Å². The summed E-state index contributed by atoms with van der Waals surface area (Å²) in [5.41, 5.74) is 0.712. The number of benzene rings is 2. The highest BCUT2D eigenvalue weighted by atomic mass is 16.3. The monoisotopic (exact) mass is 269 g/mol. The van der Waals surface area contributed by atoms with Crippen LogP contribution in [0.25, 0.3) is 10.8 Å². The van der Waals surface area contributed by atoms with Gasteiger partial charge in [-0.1, -0.05) is 30.3 Å². The fourth-order valence-electron chi connectivity index (χ4n) is 2.74. The van der Waals surface area contributed by atoms with Crippen LogP contribution < -0.4 is 0 Å². The van der Waals surface area contributed by atoms with E-state index in [9.17, 15) is 9.90 Å². The molecule has 2 aromatic carbocycles. The van der Waals surface area contributed by atoms with Crippen LogP contribution in [0, 0.1) is 0 Å². The predicted octanol–water partition coefficient (Wildman–Crippen LogP) is 2.83. The average Bonchev–Trinajstić information content (AvgIpc) is 2.43. The molecule has 0 spiro atoms. The summed E-state index contributed by atoms with van der Waals surface area (Å²) in [5.74, 6) is 0.0366. The lowest BCUT2D eigenvalue weighted by Crippen LogP contribution is -2.45. The lowest BCUT2D eigenvalue weighted by Gasteiger charge is -2.37. The van der Waals surface area contributed by atoms with Crippen molar-refractivity contribution >= 4 is 16.7 Å². The summed E-state index contributed by atoms with van der Waals surface area (Å²) in [6.45, 7) is 0.451. The van der Waals surface area contributed by atoms with Crippen molar-refractivity contribution in [2.75, 3.05) is 13.2 Å². The Morgan fingerprint density at radius 1 is 1.15 bits per heavy atom. The zero-order chi connectivity index (χ0) is 13.9. The van der Waals surface area contributed by atoms with E-state index < -0.39 is 0 Å². The van der Waals surface area contributed by atoms with Gasteiger partial charge in [0, 0.05) is 18.2 Å². The highest BCUT2D eigenvalue weighted by Crippen LogP contribution is 2.26. The quantitative estimate of drug-likeness (QED) is 0.927. The normalized spacial score (nSPS) is 15.1. The Hall–Kier alpha value is -1.87. The van der Waals surface area contributed by atoms with Gasteiger partial charge in [-0.2, -0.15) is 0 Å². The van der Waals surface area contributed by atoms with Gasteiger partial charge in [-0.15, -0.1) is 0 Å². The van der Waals surface area contributed by atoms with Crippen LogP contribution in [0.2, 0.25) is 0 Å². The maximum Gasteiger partial charge on any atom is 0.254 e. The molecule has 104 valence electrons. The van der Waals surface area contributed by atoms with Crippen LogP contribution in [0.1, 0.15) is 29.6 Å². The lowest BCUT2D eigenvalue weighted by molar-refractivity contribution is 0.0526. The standard InChI is InChI=1S/C17H19NO2/c19-11-10-18(16-6-3-7-16)17(20)15-9-8-13-4-1-2-5-14(13)12-15/h1-2,4-5,8-9,12,16,19H,3,6-7,10-11H2. The molecule has 0 radical (unpaired) electrons. The molecule has 0 bridgehead atoms. The van der Waals surface area contributed by atoms with Crippen molar-refractivity contribution in [2.24, 2.45) is 0 Å². The molecular weight excluding hydrogens is 250 g/mol. The van der Waals surface area contributed by atoms with Gasteiger partial charge in [0.15, 0.2) is 0 Å². The summed E-state index contributed by atoms with van der Waals surface area (Å²) in [7, 11) is 0. The molecule has 3 rings (SSSR count). The number of hydrogen-bond donors (Lipinski definition) is 1. The van der Waals surface area contributed by atoms with Gasteiger partial charge in [0.05, 0.1) is 6.61 Å². The molecule has 0 saturated heterocycles. The van der Waals surface area contributed by atoms with Crippen LogP contribution in [0.15, 0.2) is 42.5 Å². The van der Waals surface area contributed by atoms with E-state index in [0.717, 1.165) is 23.6 Å². The number of hydrogen-bond acceptors (Lipinski definition) is 2. The SMILES string of the molecule is O=C(c1ccc2ccccc2c1)N(CCO)C1CCC1. The van der Waals surface area contributed by atoms with E-state index in [1.54, 1.807) is 0 Å². The third-order valence-corrected chi connectivity index (χ3v) is 4.11. The van der Waals surface area contributed by atoms with E-state index in [4.69, 9.17) is 0 Å². The lowest BCUT2D eigenvalue weighted by atomic mass is 9.91. The molecule has 1 amide bonds. The molecule has 1 aliphatic rings. The maximum absolute atomic E-state index is 12.6. The molecule has 1 aliphatic carbocycles. The van der Waals surface area contributed by atoms with Crippen molar-refractivity contribution in [3.8, 4) is 0 Å². The molecule has 1 fully saturated rings. The Morgan fingerprint density at radius 3 is 2.55 bits per heavy atom. The smallest absolute Gasteiger partial charge is 0.254 e. The molecule has 3 heteroatoms. The van der Waals surface area contributed by atoms with E-state index >= 15 is 0 Å². The van der Waals surface area contributed by atoms with Crippen LogP contribution in [-0.2, 0) is 0 Å². The van der Waals surface area contributed by atoms with Gasteiger partial charge in [-0.25, -0.2) is 0 Å². The van der Waals surface area contributed by atoms with Crippen molar-refractivity contribution in [3.63, 3.8) is 0 Å². The Balaban J connectivity index is 1.89. The number of amides is 1. The number of nitrogens with zero attached hydrogens (tertiary/aromatic N) is 1. The number of fused-ring (bicyclic) bond motifs is 1. The zero-order valence-electron chi connectivity index (χ0n) is 11.5. The number of aliphatic hydroxyl groups is 1. The summed E-state index contributed by atoms with van der Waals surface area (Å²) in [6, 6.07) is 14.2. The van der Waals surface area contributed by atoms with Crippen LogP contribution in [0.5, 0.6) is 0 Å². The fraction of sp³-hybridized carbons (Fsp3) is 0.353. The van der Waals surface area contributed by atoms with Crippen molar-refractivity contribution in [3.05, 3.63) is 48.0 Å². The largest absolute Gasteiger partial charge is 0.395 e. The second-order valence-corrected chi connectivity index (χ2v) is 5.37. The minimum atomic E-state index is 0.0236. The summed E-state index contributed by atoms with van der Waals surface area (Å²) in [6.07, 6.45) is 3.29. The van der Waals surface area contributed by atoms with Crippen molar-refractivity contribution < 1.29 is 9.90 Å². The molecule has 3 nitrogen and oxygen atoms in total. The van der Waals surface area contributed by atoms with Crippen LogP contribution >= 0.6 is 0 Å². The van der Waals surface area contributed by atoms with Crippen LogP contribution in [0.3, 0.4) is 0 Å². The number of rotatable bonds is 4. The first-order valence-electron chi connectivity index (χ1n) is 7.20. The van der Waals surface area contributed by atoms with Gasteiger partial charge < -0.3 is 10.0 Å². The zero-order valence-corrected chi connectivity index (χ0v) is 11.5. The van der Waals surface area contributed by atoms with Crippen LogP contribution in [-0.4, -0.2) is 35.1 Å². The number of carbonyl (C=O) groups is 1. The van der Waals surface area contributed by atoms with E-state index in [1.165, 1.54) is 6.42 Å². The third kappa shape index (κ3) is 2.41. The van der Waals surface area contributed by atoms with Crippen molar-refractivity contribution in [1.29, 1.82) is 0 Å². The first-order valence-corrected chi connectivity index (χ1v) is 7.20. The first kappa shape index (κ1) is 13.1. The minimum Gasteiger partial charge on any atom is -0.395 e. The van der Waals surface area contributed by atoms with Crippen molar-refractivity contribution in [2.45, 2.75) is 25.3 Å². The Kier molecular flexibility index (Phi) is 3.70. The summed E-state index contributed by atoms with van der Waals surface area (Å²) in [5, 5.41) is 11.4. The van der Waals surface area contributed by atoms with Gasteiger partial charge >= 0.3 is 0 Å². The molecule has 20 heavy (non-hydrogen) atoms. The first-order chi connectivity index (χ1) is 9.79. The Bertz CT molecular complexity index is 619. The summed E-state index contributed by atoms with van der Waals surface area (Å²) >= 11 is 0. The molecule has 1 N–H and O–H groups in total. The number of aliphatic hydroxyl groups excluding tert-OH is 1. The molecule has 0 heterocycles. The topological polar surface area (TPSA) is 40.5 Å². The van der Waals surface area contributed by atoms with E-state index in [1.807, 2.05) is 47.4 Å². The second kappa shape index (κ2) is 5.63. The highest BCUT2D eigenvalue weighted by Gasteiger charge is 2.28. The molecule has 0 aromatic heterocycles.